The zero-order chi connectivity index (χ0) is 21.9. The summed E-state index contributed by atoms with van der Waals surface area (Å²) in [6.07, 6.45) is 5.37. The standard InChI is InChI=1S/C28H36O2/c1-7-8-14-26(29)30-25-19-27(3,4)23-16-15-22(18-24(23)28(25,5)6)20(2)17-21-12-10-9-11-13-21/h9-13,15-18,25H,7-8,14,19H2,1-6H3/b20-17+. The summed E-state index contributed by atoms with van der Waals surface area (Å²) in [6, 6.07) is 17.3. The topological polar surface area (TPSA) is 26.3 Å². The van der Waals surface area contributed by atoms with Gasteiger partial charge in [-0.3, -0.25) is 4.79 Å². The van der Waals surface area contributed by atoms with Gasteiger partial charge < -0.3 is 4.74 Å². The molecule has 2 aromatic rings. The molecule has 0 saturated heterocycles. The van der Waals surface area contributed by atoms with Crippen LogP contribution in [0.2, 0.25) is 0 Å². The van der Waals surface area contributed by atoms with Crippen molar-refractivity contribution >= 4 is 17.6 Å². The van der Waals surface area contributed by atoms with E-state index in [4.69, 9.17) is 4.74 Å². The third kappa shape index (κ3) is 4.69. The summed E-state index contributed by atoms with van der Waals surface area (Å²) in [5, 5.41) is 0. The lowest BCUT2D eigenvalue weighted by molar-refractivity contribution is -0.154. The molecule has 2 nitrogen and oxygen atoms in total. The highest BCUT2D eigenvalue weighted by atomic mass is 16.5. The van der Waals surface area contributed by atoms with Gasteiger partial charge in [-0.1, -0.05) is 95.6 Å². The normalized spacial score (nSPS) is 19.8. The molecular weight excluding hydrogens is 368 g/mol. The van der Waals surface area contributed by atoms with Gasteiger partial charge in [-0.25, -0.2) is 0 Å². The lowest BCUT2D eigenvalue weighted by Crippen LogP contribution is -2.47. The zero-order valence-corrected chi connectivity index (χ0v) is 19.4. The van der Waals surface area contributed by atoms with Crippen LogP contribution in [0.25, 0.3) is 11.6 Å². The number of unbranched alkanes of at least 4 members (excludes halogenated alkanes) is 1. The number of fused-ring (bicyclic) bond motifs is 1. The van der Waals surface area contributed by atoms with Gasteiger partial charge in [0, 0.05) is 11.8 Å². The Bertz CT molecular complexity index is 919. The van der Waals surface area contributed by atoms with Crippen LogP contribution < -0.4 is 0 Å². The molecule has 1 aliphatic rings. The van der Waals surface area contributed by atoms with Crippen LogP contribution in [0.3, 0.4) is 0 Å². The molecule has 0 saturated carbocycles. The quantitative estimate of drug-likeness (QED) is 0.373. The molecule has 0 radical (unpaired) electrons. The van der Waals surface area contributed by atoms with E-state index in [1.54, 1.807) is 0 Å². The molecule has 2 aromatic carbocycles. The number of carbonyl (C=O) groups is 1. The predicted octanol–water partition coefficient (Wildman–Crippen LogP) is 7.31. The van der Waals surface area contributed by atoms with E-state index in [1.165, 1.54) is 27.8 Å². The van der Waals surface area contributed by atoms with Gasteiger partial charge in [-0.15, -0.1) is 0 Å². The van der Waals surface area contributed by atoms with Crippen molar-refractivity contribution in [2.24, 2.45) is 0 Å². The third-order valence-electron chi connectivity index (χ3n) is 6.59. The molecule has 0 amide bonds. The molecule has 0 aliphatic heterocycles. The molecule has 1 aliphatic carbocycles. The molecule has 0 heterocycles. The average Bonchev–Trinajstić information content (AvgIpc) is 2.71. The van der Waals surface area contributed by atoms with Gasteiger partial charge in [0.25, 0.3) is 0 Å². The molecule has 0 fully saturated rings. The maximum atomic E-state index is 12.4. The third-order valence-corrected chi connectivity index (χ3v) is 6.59. The van der Waals surface area contributed by atoms with Crippen molar-refractivity contribution in [2.75, 3.05) is 0 Å². The summed E-state index contributed by atoms with van der Waals surface area (Å²) >= 11 is 0. The lowest BCUT2D eigenvalue weighted by Gasteiger charge is -2.47. The second-order valence-electron chi connectivity index (χ2n) is 9.89. The molecule has 30 heavy (non-hydrogen) atoms. The highest BCUT2D eigenvalue weighted by Gasteiger charge is 2.46. The van der Waals surface area contributed by atoms with Gasteiger partial charge in [0.15, 0.2) is 0 Å². The fourth-order valence-corrected chi connectivity index (χ4v) is 4.53. The number of benzene rings is 2. The first-order valence-electron chi connectivity index (χ1n) is 11.2. The van der Waals surface area contributed by atoms with Crippen molar-refractivity contribution in [1.29, 1.82) is 0 Å². The highest BCUT2D eigenvalue weighted by molar-refractivity contribution is 5.80. The number of esters is 1. The molecule has 1 atom stereocenters. The molecule has 0 aromatic heterocycles. The zero-order valence-electron chi connectivity index (χ0n) is 19.4. The minimum Gasteiger partial charge on any atom is -0.461 e. The Morgan fingerprint density at radius 1 is 1.07 bits per heavy atom. The number of allylic oxidation sites excluding steroid dienone is 1. The Hall–Kier alpha value is -2.35. The second-order valence-corrected chi connectivity index (χ2v) is 9.89. The summed E-state index contributed by atoms with van der Waals surface area (Å²) in [7, 11) is 0. The summed E-state index contributed by atoms with van der Waals surface area (Å²) in [6.45, 7) is 13.2. The molecule has 3 rings (SSSR count). The van der Waals surface area contributed by atoms with E-state index in [1.807, 2.05) is 6.07 Å². The first-order chi connectivity index (χ1) is 14.1. The highest BCUT2D eigenvalue weighted by Crippen LogP contribution is 2.48. The lowest BCUT2D eigenvalue weighted by atomic mass is 9.61. The summed E-state index contributed by atoms with van der Waals surface area (Å²) in [5.74, 6) is -0.0644. The van der Waals surface area contributed by atoms with Crippen molar-refractivity contribution in [3.05, 3.63) is 70.8 Å². The van der Waals surface area contributed by atoms with E-state index in [0.29, 0.717) is 6.42 Å². The smallest absolute Gasteiger partial charge is 0.306 e. The molecule has 1 unspecified atom stereocenters. The van der Waals surface area contributed by atoms with Crippen molar-refractivity contribution in [3.8, 4) is 0 Å². The van der Waals surface area contributed by atoms with Crippen molar-refractivity contribution < 1.29 is 9.53 Å². The van der Waals surface area contributed by atoms with Crippen LogP contribution in [0.4, 0.5) is 0 Å². The van der Waals surface area contributed by atoms with Crippen LogP contribution in [0.1, 0.15) is 89.5 Å². The Morgan fingerprint density at radius 2 is 1.77 bits per heavy atom. The minimum atomic E-state index is -0.226. The van der Waals surface area contributed by atoms with Crippen LogP contribution in [-0.4, -0.2) is 12.1 Å². The molecular formula is C28H36O2. The van der Waals surface area contributed by atoms with Gasteiger partial charge in [-0.05, 0) is 53.0 Å². The van der Waals surface area contributed by atoms with Crippen molar-refractivity contribution in [2.45, 2.75) is 84.2 Å². The van der Waals surface area contributed by atoms with E-state index in [9.17, 15) is 4.79 Å². The van der Waals surface area contributed by atoms with Gasteiger partial charge >= 0.3 is 5.97 Å². The van der Waals surface area contributed by atoms with Crippen LogP contribution in [0.15, 0.2) is 48.5 Å². The number of hydrogen-bond donors (Lipinski definition) is 0. The number of rotatable bonds is 6. The monoisotopic (exact) mass is 404 g/mol. The van der Waals surface area contributed by atoms with E-state index in [2.05, 4.69) is 90.1 Å². The molecule has 0 bridgehead atoms. The van der Waals surface area contributed by atoms with Gasteiger partial charge in [0.05, 0.1) is 0 Å². The Labute approximate surface area is 182 Å². The van der Waals surface area contributed by atoms with E-state index in [0.717, 1.165) is 19.3 Å². The maximum absolute atomic E-state index is 12.4. The van der Waals surface area contributed by atoms with Gasteiger partial charge in [0.2, 0.25) is 0 Å². The van der Waals surface area contributed by atoms with Gasteiger partial charge in [0.1, 0.15) is 6.10 Å². The van der Waals surface area contributed by atoms with Crippen LogP contribution in [0.5, 0.6) is 0 Å². The number of carbonyl (C=O) groups excluding carboxylic acids is 1. The number of hydrogen-bond acceptors (Lipinski definition) is 2. The molecule has 0 N–H and O–H groups in total. The largest absolute Gasteiger partial charge is 0.461 e. The van der Waals surface area contributed by atoms with Crippen LogP contribution >= 0.6 is 0 Å². The Morgan fingerprint density at radius 3 is 2.43 bits per heavy atom. The maximum Gasteiger partial charge on any atom is 0.306 e. The molecule has 160 valence electrons. The summed E-state index contributed by atoms with van der Waals surface area (Å²) in [5.41, 5.74) is 6.07. The van der Waals surface area contributed by atoms with Crippen LogP contribution in [-0.2, 0) is 20.4 Å². The minimum absolute atomic E-state index is 0.0316. The summed E-state index contributed by atoms with van der Waals surface area (Å²) in [4.78, 5) is 12.4. The fourth-order valence-electron chi connectivity index (χ4n) is 4.53. The van der Waals surface area contributed by atoms with Crippen LogP contribution in [0, 0.1) is 0 Å². The molecule has 0 spiro atoms. The predicted molar refractivity (Wildman–Crippen MR) is 127 cm³/mol. The van der Waals surface area contributed by atoms with Crippen molar-refractivity contribution in [3.63, 3.8) is 0 Å². The molecule has 2 heteroatoms. The van der Waals surface area contributed by atoms with E-state index < -0.39 is 0 Å². The average molecular weight is 405 g/mol. The first kappa shape index (κ1) is 22.3. The summed E-state index contributed by atoms with van der Waals surface area (Å²) < 4.78 is 6.04. The Kier molecular flexibility index (Phi) is 6.55. The van der Waals surface area contributed by atoms with Crippen molar-refractivity contribution in [1.82, 2.24) is 0 Å². The SMILES string of the molecule is CCCCC(=O)OC1CC(C)(C)c2ccc(/C(C)=C/c3ccccc3)cc2C1(C)C. The fraction of sp³-hybridized carbons (Fsp3) is 0.464. The van der Waals surface area contributed by atoms with E-state index >= 15 is 0 Å². The first-order valence-corrected chi connectivity index (χ1v) is 11.2. The number of ether oxygens (including phenoxy) is 1. The Balaban J connectivity index is 1.96. The van der Waals surface area contributed by atoms with Gasteiger partial charge in [-0.2, -0.15) is 0 Å². The van der Waals surface area contributed by atoms with E-state index in [-0.39, 0.29) is 22.9 Å². The second kappa shape index (κ2) is 8.79.